The number of ketones is 1. The Morgan fingerprint density at radius 1 is 1.23 bits per heavy atom. The minimum atomic E-state index is -0.248. The Bertz CT molecular complexity index is 585. The van der Waals surface area contributed by atoms with Crippen molar-refractivity contribution in [3.05, 3.63) is 39.9 Å². The average molecular weight is 344 g/mol. The van der Waals surface area contributed by atoms with E-state index in [0.717, 1.165) is 6.42 Å². The third-order valence-corrected chi connectivity index (χ3v) is 3.83. The van der Waals surface area contributed by atoms with E-state index in [1.54, 1.807) is 0 Å². The summed E-state index contributed by atoms with van der Waals surface area (Å²) >= 11 is 12.2. The van der Waals surface area contributed by atoms with Crippen LogP contribution in [-0.2, 0) is 4.79 Å². The highest BCUT2D eigenvalue weighted by Gasteiger charge is 2.18. The van der Waals surface area contributed by atoms with E-state index in [0.29, 0.717) is 18.5 Å². The maximum Gasteiger partial charge on any atom is 0.257 e. The zero-order valence-electron chi connectivity index (χ0n) is 12.7. The first-order chi connectivity index (χ1) is 10.4. The Hall–Kier alpha value is -1.52. The molecule has 0 fully saturated rings. The average Bonchev–Trinajstić information content (AvgIpc) is 2.52. The van der Waals surface area contributed by atoms with Crippen molar-refractivity contribution in [2.45, 2.75) is 26.7 Å². The molecule has 0 aromatic heterocycles. The maximum atomic E-state index is 12.1. The fourth-order valence-corrected chi connectivity index (χ4v) is 2.09. The van der Waals surface area contributed by atoms with Crippen LogP contribution in [0.4, 0.5) is 0 Å². The second kappa shape index (κ2) is 8.81. The van der Waals surface area contributed by atoms with Crippen LogP contribution in [0.1, 0.15) is 37.0 Å². The number of allylic oxidation sites excluding steroid dienone is 1. The van der Waals surface area contributed by atoms with E-state index in [1.807, 2.05) is 13.8 Å². The van der Waals surface area contributed by atoms with Gasteiger partial charge in [0.15, 0.2) is 12.4 Å². The predicted octanol–water partition coefficient (Wildman–Crippen LogP) is 4.05. The molecule has 0 radical (unpaired) electrons. The lowest BCUT2D eigenvalue weighted by Crippen LogP contribution is -2.29. The second-order valence-electron chi connectivity index (χ2n) is 4.66. The number of carbonyl (C=O) groups is 2. The molecule has 0 aliphatic carbocycles. The quantitative estimate of drug-likeness (QED) is 0.572. The van der Waals surface area contributed by atoms with E-state index in [2.05, 4.69) is 11.9 Å². The number of nitrogens with one attached hydrogen (secondary N) is 1. The predicted molar refractivity (Wildman–Crippen MR) is 89.0 cm³/mol. The molecule has 0 saturated heterocycles. The smallest absolute Gasteiger partial charge is 0.257 e. The van der Waals surface area contributed by atoms with Gasteiger partial charge in [0.05, 0.1) is 5.02 Å². The normalized spacial score (nSPS) is 10.2. The van der Waals surface area contributed by atoms with Crippen LogP contribution in [0.3, 0.4) is 0 Å². The van der Waals surface area contributed by atoms with Crippen molar-refractivity contribution in [1.82, 2.24) is 5.32 Å². The molecule has 1 aromatic rings. The van der Waals surface area contributed by atoms with Crippen LogP contribution in [-0.4, -0.2) is 24.8 Å². The van der Waals surface area contributed by atoms with Gasteiger partial charge in [0.1, 0.15) is 10.8 Å². The van der Waals surface area contributed by atoms with Crippen molar-refractivity contribution in [2.24, 2.45) is 0 Å². The summed E-state index contributed by atoms with van der Waals surface area (Å²) in [6.45, 7) is 7.91. The highest BCUT2D eigenvalue weighted by molar-refractivity contribution is 6.45. The number of amides is 1. The zero-order chi connectivity index (χ0) is 16.7. The topological polar surface area (TPSA) is 55.4 Å². The van der Waals surface area contributed by atoms with Gasteiger partial charge >= 0.3 is 0 Å². The van der Waals surface area contributed by atoms with E-state index in [9.17, 15) is 9.59 Å². The molecular weight excluding hydrogens is 325 g/mol. The van der Waals surface area contributed by atoms with Gasteiger partial charge in [-0.05, 0) is 30.5 Å². The maximum absolute atomic E-state index is 12.1. The molecule has 6 heteroatoms. The van der Waals surface area contributed by atoms with Crippen molar-refractivity contribution in [3.8, 4) is 5.75 Å². The molecule has 120 valence electrons. The van der Waals surface area contributed by atoms with E-state index in [-0.39, 0.29) is 39.7 Å². The number of benzene rings is 1. The Kier molecular flexibility index (Phi) is 7.42. The Morgan fingerprint density at radius 3 is 2.50 bits per heavy atom. The molecule has 0 saturated carbocycles. The van der Waals surface area contributed by atoms with Crippen LogP contribution >= 0.6 is 23.2 Å². The van der Waals surface area contributed by atoms with Crippen LogP contribution in [0.5, 0.6) is 5.75 Å². The van der Waals surface area contributed by atoms with Gasteiger partial charge in [-0.25, -0.2) is 0 Å². The van der Waals surface area contributed by atoms with Crippen LogP contribution in [0.2, 0.25) is 10.0 Å². The minimum absolute atomic E-state index is 0.104. The van der Waals surface area contributed by atoms with Crippen LogP contribution < -0.4 is 10.1 Å². The summed E-state index contributed by atoms with van der Waals surface area (Å²) in [6.07, 6.45) is 1.37. The van der Waals surface area contributed by atoms with Crippen LogP contribution in [0.25, 0.3) is 0 Å². The first kappa shape index (κ1) is 18.5. The number of hydrogen-bond donors (Lipinski definition) is 1. The number of rotatable bonds is 8. The second-order valence-corrected chi connectivity index (χ2v) is 5.42. The molecule has 0 atom stereocenters. The third-order valence-electron chi connectivity index (χ3n) is 2.97. The lowest BCUT2D eigenvalue weighted by atomic mass is 10.0. The molecule has 0 heterocycles. The first-order valence-electron chi connectivity index (χ1n) is 7.02. The molecule has 0 aliphatic rings. The van der Waals surface area contributed by atoms with Crippen LogP contribution in [0.15, 0.2) is 24.3 Å². The van der Waals surface area contributed by atoms with E-state index < -0.39 is 0 Å². The summed E-state index contributed by atoms with van der Waals surface area (Å²) in [5.41, 5.74) is 0.729. The molecule has 1 aromatic carbocycles. The summed E-state index contributed by atoms with van der Waals surface area (Å²) in [5.74, 6) is -0.229. The van der Waals surface area contributed by atoms with Gasteiger partial charge < -0.3 is 10.1 Å². The van der Waals surface area contributed by atoms with Gasteiger partial charge in [0.25, 0.3) is 5.91 Å². The SMILES string of the molecule is C=C(CC)C(=O)c1ccc(OCC(=O)NCCC)c(Cl)c1Cl. The molecule has 0 spiro atoms. The van der Waals surface area contributed by atoms with Crippen molar-refractivity contribution in [1.29, 1.82) is 0 Å². The molecule has 0 bridgehead atoms. The Balaban J connectivity index is 2.84. The van der Waals surface area contributed by atoms with Gasteiger partial charge in [-0.2, -0.15) is 0 Å². The van der Waals surface area contributed by atoms with Gasteiger partial charge in [-0.15, -0.1) is 0 Å². The number of ether oxygens (including phenoxy) is 1. The molecule has 4 nitrogen and oxygen atoms in total. The largest absolute Gasteiger partial charge is 0.482 e. The summed E-state index contributed by atoms with van der Waals surface area (Å²) in [4.78, 5) is 23.6. The van der Waals surface area contributed by atoms with Crippen molar-refractivity contribution in [3.63, 3.8) is 0 Å². The van der Waals surface area contributed by atoms with Crippen LogP contribution in [0, 0.1) is 0 Å². The van der Waals surface area contributed by atoms with Crippen molar-refractivity contribution >= 4 is 34.9 Å². The van der Waals surface area contributed by atoms with Gasteiger partial charge in [0.2, 0.25) is 0 Å². The molecular formula is C16H19Cl2NO3. The van der Waals surface area contributed by atoms with Crippen molar-refractivity contribution < 1.29 is 14.3 Å². The molecule has 22 heavy (non-hydrogen) atoms. The lowest BCUT2D eigenvalue weighted by molar-refractivity contribution is -0.123. The summed E-state index contributed by atoms with van der Waals surface area (Å²) in [5, 5.41) is 2.90. The fraction of sp³-hybridized carbons (Fsp3) is 0.375. The Labute approximate surface area is 140 Å². The summed E-state index contributed by atoms with van der Waals surface area (Å²) < 4.78 is 5.34. The highest BCUT2D eigenvalue weighted by Crippen LogP contribution is 2.35. The number of carbonyl (C=O) groups excluding carboxylic acids is 2. The van der Waals surface area contributed by atoms with E-state index in [4.69, 9.17) is 27.9 Å². The highest BCUT2D eigenvalue weighted by atomic mass is 35.5. The van der Waals surface area contributed by atoms with E-state index in [1.165, 1.54) is 12.1 Å². The third kappa shape index (κ3) is 4.75. The number of halogens is 2. The lowest BCUT2D eigenvalue weighted by Gasteiger charge is -2.12. The molecule has 1 N–H and O–H groups in total. The monoisotopic (exact) mass is 343 g/mol. The van der Waals surface area contributed by atoms with E-state index >= 15 is 0 Å². The molecule has 0 unspecified atom stereocenters. The number of hydrogen-bond acceptors (Lipinski definition) is 3. The van der Waals surface area contributed by atoms with Gasteiger partial charge in [0, 0.05) is 12.1 Å². The van der Waals surface area contributed by atoms with Gasteiger partial charge in [-0.3, -0.25) is 9.59 Å². The Morgan fingerprint density at radius 2 is 1.91 bits per heavy atom. The number of Topliss-reactive ketones (excluding diaryl/α,β-unsaturated/α-hetero) is 1. The fourth-order valence-electron chi connectivity index (χ4n) is 1.63. The standard InChI is InChI=1S/C16H19Cl2NO3/c1-4-8-19-13(20)9-22-12-7-6-11(14(17)15(12)18)16(21)10(3)5-2/h6-7H,3-5,8-9H2,1-2H3,(H,19,20). The molecule has 0 aliphatic heterocycles. The molecule has 1 amide bonds. The first-order valence-corrected chi connectivity index (χ1v) is 7.77. The van der Waals surface area contributed by atoms with Gasteiger partial charge in [-0.1, -0.05) is 43.6 Å². The molecule has 1 rings (SSSR count). The summed E-state index contributed by atoms with van der Waals surface area (Å²) in [6, 6.07) is 3.05. The summed E-state index contributed by atoms with van der Waals surface area (Å²) in [7, 11) is 0. The van der Waals surface area contributed by atoms with Crippen molar-refractivity contribution in [2.75, 3.05) is 13.2 Å². The minimum Gasteiger partial charge on any atom is -0.482 e. The zero-order valence-corrected chi connectivity index (χ0v) is 14.2.